The van der Waals surface area contributed by atoms with Crippen LogP contribution in [0.4, 0.5) is 0 Å². The average Bonchev–Trinajstić information content (AvgIpc) is 2.01. The molecule has 3 nitrogen and oxygen atoms in total. The summed E-state index contributed by atoms with van der Waals surface area (Å²) in [5.41, 5.74) is 0. The van der Waals surface area contributed by atoms with E-state index in [0.29, 0.717) is 12.1 Å². The summed E-state index contributed by atoms with van der Waals surface area (Å²) in [6, 6.07) is 0.320. The highest BCUT2D eigenvalue weighted by molar-refractivity contribution is 5.87. The second kappa shape index (κ2) is 5.02. The minimum atomic E-state index is 0.00227. The fourth-order valence-corrected chi connectivity index (χ4v) is 1.46. The molecule has 0 heterocycles. The molecular weight excluding hydrogens is 166 g/mol. The third kappa shape index (κ3) is 3.19. The highest BCUT2D eigenvalue weighted by Gasteiger charge is 2.29. The molecule has 0 atom stereocenters. The van der Waals surface area contributed by atoms with Gasteiger partial charge in [0.15, 0.2) is 0 Å². The first-order valence-electron chi connectivity index (χ1n) is 4.81. The highest BCUT2D eigenvalue weighted by Crippen LogP contribution is 2.22. The van der Waals surface area contributed by atoms with E-state index in [2.05, 4.69) is 5.32 Å². The zero-order chi connectivity index (χ0) is 9.68. The lowest BCUT2D eigenvalue weighted by molar-refractivity contribution is -0.119. The Kier molecular flexibility index (Phi) is 3.96. The van der Waals surface area contributed by atoms with E-state index >= 15 is 0 Å². The molecule has 0 aliphatic heterocycles. The Balaban J connectivity index is 2.11. The summed E-state index contributed by atoms with van der Waals surface area (Å²) in [4.78, 5) is 11.1. The van der Waals surface area contributed by atoms with E-state index in [1.54, 1.807) is 12.2 Å². The fourth-order valence-electron chi connectivity index (χ4n) is 1.46. The normalized spacial score (nSPS) is 27.2. The number of nitrogens with one attached hydrogen (secondary N) is 1. The second-order valence-electron chi connectivity index (χ2n) is 3.25. The topological polar surface area (TPSA) is 38.3 Å². The summed E-state index contributed by atoms with van der Waals surface area (Å²) in [5.74, 6) is 0.00227. The van der Waals surface area contributed by atoms with Gasteiger partial charge in [-0.25, -0.2) is 0 Å². The van der Waals surface area contributed by atoms with Crippen molar-refractivity contribution in [3.05, 3.63) is 12.2 Å². The molecule has 74 valence electrons. The monoisotopic (exact) mass is 183 g/mol. The summed E-state index contributed by atoms with van der Waals surface area (Å²) in [7, 11) is 0. The van der Waals surface area contributed by atoms with Crippen molar-refractivity contribution in [3.8, 4) is 0 Å². The van der Waals surface area contributed by atoms with E-state index in [4.69, 9.17) is 4.74 Å². The third-order valence-corrected chi connectivity index (χ3v) is 2.16. The van der Waals surface area contributed by atoms with Crippen LogP contribution < -0.4 is 5.32 Å². The first-order valence-corrected chi connectivity index (χ1v) is 4.81. The molecule has 0 aromatic carbocycles. The number of hydrogen-bond acceptors (Lipinski definition) is 2. The van der Waals surface area contributed by atoms with Gasteiger partial charge in [-0.3, -0.25) is 4.79 Å². The van der Waals surface area contributed by atoms with Crippen LogP contribution in [0.1, 0.15) is 26.7 Å². The summed E-state index contributed by atoms with van der Waals surface area (Å²) in [6.45, 7) is 4.59. The second-order valence-corrected chi connectivity index (χ2v) is 3.25. The van der Waals surface area contributed by atoms with Crippen molar-refractivity contribution in [2.24, 2.45) is 0 Å². The lowest BCUT2D eigenvalue weighted by Crippen LogP contribution is -2.47. The molecule has 1 aliphatic rings. The van der Waals surface area contributed by atoms with Crippen molar-refractivity contribution in [2.45, 2.75) is 38.8 Å². The van der Waals surface area contributed by atoms with Crippen LogP contribution in [0.3, 0.4) is 0 Å². The van der Waals surface area contributed by atoms with Gasteiger partial charge in [0.05, 0.1) is 6.10 Å². The van der Waals surface area contributed by atoms with E-state index in [1.807, 2.05) is 13.8 Å². The van der Waals surface area contributed by atoms with Crippen molar-refractivity contribution in [1.82, 2.24) is 5.32 Å². The first-order chi connectivity index (χ1) is 6.26. The molecule has 3 heteroatoms. The zero-order valence-electron chi connectivity index (χ0n) is 8.25. The van der Waals surface area contributed by atoms with Gasteiger partial charge in [0.1, 0.15) is 0 Å². The van der Waals surface area contributed by atoms with Crippen LogP contribution in [0.2, 0.25) is 0 Å². The molecule has 0 radical (unpaired) electrons. The minimum Gasteiger partial charge on any atom is -0.378 e. The molecule has 1 fully saturated rings. The smallest absolute Gasteiger partial charge is 0.243 e. The van der Waals surface area contributed by atoms with Gasteiger partial charge in [0.25, 0.3) is 0 Å². The summed E-state index contributed by atoms with van der Waals surface area (Å²) in [6.07, 6.45) is 5.57. The highest BCUT2D eigenvalue weighted by atomic mass is 16.5. The Hall–Kier alpha value is -0.830. The maximum Gasteiger partial charge on any atom is 0.243 e. The fraction of sp³-hybridized carbons (Fsp3) is 0.700. The molecule has 0 aromatic heterocycles. The van der Waals surface area contributed by atoms with E-state index < -0.39 is 0 Å². The number of allylic oxidation sites excluding steroid dienone is 1. The number of amides is 1. The van der Waals surface area contributed by atoms with Crippen LogP contribution in [0, 0.1) is 0 Å². The molecule has 1 aliphatic carbocycles. The van der Waals surface area contributed by atoms with E-state index in [-0.39, 0.29) is 5.91 Å². The molecule has 1 N–H and O–H groups in total. The number of ether oxygens (including phenoxy) is 1. The SMILES string of the molecule is C/C=C/C(=O)NC1CC(OCC)C1. The third-order valence-electron chi connectivity index (χ3n) is 2.16. The van der Waals surface area contributed by atoms with Crippen LogP contribution in [-0.4, -0.2) is 24.7 Å². The molecule has 13 heavy (non-hydrogen) atoms. The van der Waals surface area contributed by atoms with Gasteiger partial charge < -0.3 is 10.1 Å². The Bertz CT molecular complexity index is 195. The van der Waals surface area contributed by atoms with Gasteiger partial charge in [0.2, 0.25) is 5.91 Å². The van der Waals surface area contributed by atoms with Gasteiger partial charge in [-0.15, -0.1) is 0 Å². The van der Waals surface area contributed by atoms with Crippen molar-refractivity contribution in [1.29, 1.82) is 0 Å². The summed E-state index contributed by atoms with van der Waals surface area (Å²) >= 11 is 0. The number of rotatable bonds is 4. The van der Waals surface area contributed by atoms with Gasteiger partial charge >= 0.3 is 0 Å². The molecule has 0 aromatic rings. The molecule has 0 bridgehead atoms. The Morgan fingerprint density at radius 2 is 2.31 bits per heavy atom. The lowest BCUT2D eigenvalue weighted by atomic mass is 9.89. The summed E-state index contributed by atoms with van der Waals surface area (Å²) < 4.78 is 5.38. The molecule has 1 saturated carbocycles. The van der Waals surface area contributed by atoms with Gasteiger partial charge in [-0.05, 0) is 32.8 Å². The zero-order valence-corrected chi connectivity index (χ0v) is 8.25. The molecule has 0 unspecified atom stereocenters. The van der Waals surface area contributed by atoms with Gasteiger partial charge in [0, 0.05) is 12.6 Å². The van der Waals surface area contributed by atoms with Gasteiger partial charge in [-0.1, -0.05) is 6.08 Å². The standard InChI is InChI=1S/C10H17NO2/c1-3-5-10(12)11-8-6-9(7-8)13-4-2/h3,5,8-9H,4,6-7H2,1-2H3,(H,11,12)/b5-3+. The number of hydrogen-bond donors (Lipinski definition) is 1. The van der Waals surface area contributed by atoms with Crippen molar-refractivity contribution >= 4 is 5.91 Å². The largest absolute Gasteiger partial charge is 0.378 e. The number of carbonyl (C=O) groups is 1. The molecule has 1 amide bonds. The predicted molar refractivity (Wildman–Crippen MR) is 51.4 cm³/mol. The summed E-state index contributed by atoms with van der Waals surface area (Å²) in [5, 5.41) is 2.90. The maximum absolute atomic E-state index is 11.1. The van der Waals surface area contributed by atoms with Crippen LogP contribution in [0.25, 0.3) is 0 Å². The minimum absolute atomic E-state index is 0.00227. The molecule has 1 rings (SSSR count). The first kappa shape index (κ1) is 10.3. The van der Waals surface area contributed by atoms with Crippen LogP contribution >= 0.6 is 0 Å². The maximum atomic E-state index is 11.1. The Morgan fingerprint density at radius 1 is 1.62 bits per heavy atom. The van der Waals surface area contributed by atoms with Crippen molar-refractivity contribution in [2.75, 3.05) is 6.61 Å². The average molecular weight is 183 g/mol. The molecule has 0 saturated heterocycles. The van der Waals surface area contributed by atoms with Crippen LogP contribution in [0.5, 0.6) is 0 Å². The predicted octanol–water partition coefficient (Wildman–Crippen LogP) is 1.25. The molecular formula is C10H17NO2. The quantitative estimate of drug-likeness (QED) is 0.666. The van der Waals surface area contributed by atoms with Crippen LogP contribution in [-0.2, 0) is 9.53 Å². The van der Waals surface area contributed by atoms with Gasteiger partial charge in [-0.2, -0.15) is 0 Å². The van der Waals surface area contributed by atoms with Crippen molar-refractivity contribution < 1.29 is 9.53 Å². The lowest BCUT2D eigenvalue weighted by Gasteiger charge is -2.35. The Morgan fingerprint density at radius 3 is 2.85 bits per heavy atom. The molecule has 0 spiro atoms. The van der Waals surface area contributed by atoms with Crippen LogP contribution in [0.15, 0.2) is 12.2 Å². The van der Waals surface area contributed by atoms with Crippen molar-refractivity contribution in [3.63, 3.8) is 0 Å². The number of carbonyl (C=O) groups excluding carboxylic acids is 1. The van der Waals surface area contributed by atoms with E-state index in [9.17, 15) is 4.79 Å². The van der Waals surface area contributed by atoms with E-state index in [1.165, 1.54) is 0 Å². The Labute approximate surface area is 79.2 Å². The van der Waals surface area contributed by atoms with E-state index in [0.717, 1.165) is 19.4 Å².